The maximum atomic E-state index is 14.6. The molecule has 6 nitrogen and oxygen atoms in total. The molecule has 4 rings (SSSR count). The van der Waals surface area contributed by atoms with Gasteiger partial charge in [-0.3, -0.25) is 0 Å². The lowest BCUT2D eigenvalue weighted by Gasteiger charge is -2.24. The fourth-order valence-electron chi connectivity index (χ4n) is 2.73. The molecule has 1 aliphatic heterocycles. The minimum Gasteiger partial charge on any atom is -0.368 e. The van der Waals surface area contributed by atoms with Crippen molar-refractivity contribution in [3.63, 3.8) is 0 Å². The van der Waals surface area contributed by atoms with E-state index in [2.05, 4.69) is 32.4 Å². The smallest absolute Gasteiger partial charge is 0.320 e. The highest BCUT2D eigenvalue weighted by atomic mass is 19.1. The summed E-state index contributed by atoms with van der Waals surface area (Å²) >= 11 is 0. The van der Waals surface area contributed by atoms with Crippen LogP contribution in [0.1, 0.15) is 35.7 Å². The number of nitrogen functional groups attached to an aromatic ring is 1. The second-order valence-electron chi connectivity index (χ2n) is 6.21. The van der Waals surface area contributed by atoms with Crippen molar-refractivity contribution in [2.45, 2.75) is 25.3 Å². The Hall–Kier alpha value is -3.14. The minimum absolute atomic E-state index is 0.142. The van der Waals surface area contributed by atoms with Crippen molar-refractivity contribution in [2.24, 2.45) is 5.92 Å². The van der Waals surface area contributed by atoms with Gasteiger partial charge in [-0.15, -0.1) is 0 Å². The first kappa shape index (κ1) is 15.4. The Balaban J connectivity index is 1.67. The molecule has 1 atom stereocenters. The standard InChI is InChI=1S/C18H16FN5O/c19-14-9-13-15(4-3-10-1-2-10)23-18(25)24-16(13)8-11(14)7-12-5-6-21-17(20)22-12/h5-6,8-10,15H,1-2,7H2,(H2,20,21,22)(H2,23,24,25)/t15-/m0/s1. The molecule has 1 aromatic heterocycles. The van der Waals surface area contributed by atoms with Gasteiger partial charge in [0.25, 0.3) is 0 Å². The Bertz CT molecular complexity index is 913. The van der Waals surface area contributed by atoms with Gasteiger partial charge in [-0.05, 0) is 36.6 Å². The van der Waals surface area contributed by atoms with Crippen molar-refractivity contribution in [2.75, 3.05) is 11.1 Å². The molecule has 0 saturated heterocycles. The third-order valence-corrected chi connectivity index (χ3v) is 4.17. The van der Waals surface area contributed by atoms with Gasteiger partial charge in [-0.1, -0.05) is 11.8 Å². The van der Waals surface area contributed by atoms with E-state index < -0.39 is 6.04 Å². The van der Waals surface area contributed by atoms with Crippen LogP contribution in [-0.2, 0) is 6.42 Å². The fraction of sp³-hybridized carbons (Fsp3) is 0.278. The average Bonchev–Trinajstić information content (AvgIpc) is 3.38. The van der Waals surface area contributed by atoms with Crippen LogP contribution in [0.5, 0.6) is 0 Å². The highest BCUT2D eigenvalue weighted by Gasteiger charge is 2.26. The summed E-state index contributed by atoms with van der Waals surface area (Å²) in [5.41, 5.74) is 7.80. The van der Waals surface area contributed by atoms with Gasteiger partial charge in [0.15, 0.2) is 0 Å². The molecule has 2 amide bonds. The third kappa shape index (κ3) is 3.38. The topological polar surface area (TPSA) is 92.9 Å². The van der Waals surface area contributed by atoms with E-state index in [-0.39, 0.29) is 24.2 Å². The molecule has 25 heavy (non-hydrogen) atoms. The Kier molecular flexibility index (Phi) is 3.73. The second-order valence-corrected chi connectivity index (χ2v) is 6.21. The molecule has 2 aliphatic rings. The second kappa shape index (κ2) is 6.06. The average molecular weight is 337 g/mol. The zero-order valence-electron chi connectivity index (χ0n) is 13.3. The van der Waals surface area contributed by atoms with Gasteiger partial charge in [-0.25, -0.2) is 19.2 Å². The first-order chi connectivity index (χ1) is 12.1. The molecule has 0 radical (unpaired) electrons. The molecule has 2 heterocycles. The van der Waals surface area contributed by atoms with Gasteiger partial charge in [0.2, 0.25) is 5.95 Å². The number of rotatable bonds is 2. The van der Waals surface area contributed by atoms with Crippen molar-refractivity contribution < 1.29 is 9.18 Å². The molecule has 1 fully saturated rings. The number of benzene rings is 1. The fourth-order valence-corrected chi connectivity index (χ4v) is 2.73. The number of fused-ring (bicyclic) bond motifs is 1. The number of aromatic nitrogens is 2. The molecule has 1 saturated carbocycles. The third-order valence-electron chi connectivity index (χ3n) is 4.17. The zero-order chi connectivity index (χ0) is 17.4. The predicted octanol–water partition coefficient (Wildman–Crippen LogP) is 2.38. The largest absolute Gasteiger partial charge is 0.368 e. The van der Waals surface area contributed by atoms with Crippen molar-refractivity contribution in [1.29, 1.82) is 0 Å². The van der Waals surface area contributed by atoms with Crippen LogP contribution in [0, 0.1) is 23.6 Å². The molecule has 1 aliphatic carbocycles. The van der Waals surface area contributed by atoms with Gasteiger partial charge in [0.1, 0.15) is 11.9 Å². The monoisotopic (exact) mass is 337 g/mol. The molecular weight excluding hydrogens is 321 g/mol. The van der Waals surface area contributed by atoms with Crippen LogP contribution in [0.15, 0.2) is 24.4 Å². The van der Waals surface area contributed by atoms with Crippen LogP contribution in [0.3, 0.4) is 0 Å². The summed E-state index contributed by atoms with van der Waals surface area (Å²) < 4.78 is 14.6. The summed E-state index contributed by atoms with van der Waals surface area (Å²) in [4.78, 5) is 19.8. The van der Waals surface area contributed by atoms with Crippen molar-refractivity contribution in [1.82, 2.24) is 15.3 Å². The van der Waals surface area contributed by atoms with Crippen LogP contribution in [-0.4, -0.2) is 16.0 Å². The number of nitrogens with one attached hydrogen (secondary N) is 2. The molecule has 0 bridgehead atoms. The summed E-state index contributed by atoms with van der Waals surface area (Å²) in [6.07, 6.45) is 3.97. The number of nitrogens with two attached hydrogens (primary N) is 1. The quantitative estimate of drug-likeness (QED) is 0.734. The van der Waals surface area contributed by atoms with Crippen molar-refractivity contribution in [3.05, 3.63) is 47.0 Å². The number of hydrogen-bond donors (Lipinski definition) is 3. The van der Waals surface area contributed by atoms with Gasteiger partial charge >= 0.3 is 6.03 Å². The van der Waals surface area contributed by atoms with Crippen LogP contribution >= 0.6 is 0 Å². The Labute approximate surface area is 144 Å². The Morgan fingerprint density at radius 3 is 2.92 bits per heavy atom. The molecule has 126 valence electrons. The first-order valence-electron chi connectivity index (χ1n) is 8.07. The predicted molar refractivity (Wildman–Crippen MR) is 91.0 cm³/mol. The SMILES string of the molecule is Nc1nccc(Cc2cc3c(cc2F)[C@H](C#CC2CC2)NC(=O)N3)n1. The van der Waals surface area contributed by atoms with Crippen LogP contribution in [0.4, 0.5) is 20.8 Å². The Morgan fingerprint density at radius 1 is 1.32 bits per heavy atom. The maximum absolute atomic E-state index is 14.6. The number of anilines is 2. The summed E-state index contributed by atoms with van der Waals surface area (Å²) in [7, 11) is 0. The highest BCUT2D eigenvalue weighted by molar-refractivity contribution is 5.93. The number of urea groups is 1. The number of amides is 2. The lowest BCUT2D eigenvalue weighted by atomic mass is 9.98. The van der Waals surface area contributed by atoms with Crippen LogP contribution in [0.25, 0.3) is 0 Å². The lowest BCUT2D eigenvalue weighted by molar-refractivity contribution is 0.249. The van der Waals surface area contributed by atoms with Gasteiger partial charge < -0.3 is 16.4 Å². The van der Waals surface area contributed by atoms with Crippen molar-refractivity contribution in [3.8, 4) is 11.8 Å². The number of halogens is 1. The van der Waals surface area contributed by atoms with E-state index in [1.165, 1.54) is 12.3 Å². The van der Waals surface area contributed by atoms with E-state index in [0.717, 1.165) is 12.8 Å². The molecule has 1 aromatic carbocycles. The molecule has 0 unspecified atom stereocenters. The van der Waals surface area contributed by atoms with E-state index >= 15 is 0 Å². The summed E-state index contributed by atoms with van der Waals surface area (Å²) in [5, 5.41) is 5.45. The van der Waals surface area contributed by atoms with E-state index in [4.69, 9.17) is 5.73 Å². The number of carbonyl (C=O) groups excluding carboxylic acids is 1. The summed E-state index contributed by atoms with van der Waals surface area (Å²) in [5.74, 6) is 6.35. The van der Waals surface area contributed by atoms with Crippen LogP contribution < -0.4 is 16.4 Å². The van der Waals surface area contributed by atoms with Gasteiger partial charge in [0, 0.05) is 29.8 Å². The molecule has 7 heteroatoms. The van der Waals surface area contributed by atoms with E-state index in [9.17, 15) is 9.18 Å². The normalized spacial score (nSPS) is 18.4. The lowest BCUT2D eigenvalue weighted by Crippen LogP contribution is -2.37. The number of carbonyl (C=O) groups is 1. The first-order valence-corrected chi connectivity index (χ1v) is 8.07. The minimum atomic E-state index is -0.498. The van der Waals surface area contributed by atoms with E-state index in [0.29, 0.717) is 28.4 Å². The number of nitrogens with zero attached hydrogens (tertiary/aromatic N) is 2. The van der Waals surface area contributed by atoms with E-state index in [1.807, 2.05) is 0 Å². The highest BCUT2D eigenvalue weighted by Crippen LogP contribution is 2.32. The van der Waals surface area contributed by atoms with Crippen molar-refractivity contribution >= 4 is 17.7 Å². The summed E-state index contributed by atoms with van der Waals surface area (Å²) in [6, 6.07) is 3.90. The number of hydrogen-bond acceptors (Lipinski definition) is 4. The molecule has 0 spiro atoms. The van der Waals surface area contributed by atoms with Gasteiger partial charge in [0.05, 0.1) is 5.69 Å². The van der Waals surface area contributed by atoms with E-state index in [1.54, 1.807) is 12.1 Å². The molecule has 4 N–H and O–H groups in total. The molecular formula is C18H16FN5O. The molecule has 2 aromatic rings. The Morgan fingerprint density at radius 2 is 2.16 bits per heavy atom. The zero-order valence-corrected chi connectivity index (χ0v) is 13.3. The van der Waals surface area contributed by atoms with Gasteiger partial charge in [-0.2, -0.15) is 0 Å². The maximum Gasteiger partial charge on any atom is 0.320 e. The van der Waals surface area contributed by atoms with Crippen LogP contribution in [0.2, 0.25) is 0 Å². The summed E-state index contributed by atoms with van der Waals surface area (Å²) in [6.45, 7) is 0.